The van der Waals surface area contributed by atoms with E-state index < -0.39 is 5.97 Å². The highest BCUT2D eigenvalue weighted by molar-refractivity contribution is 5.80. The van der Waals surface area contributed by atoms with Crippen molar-refractivity contribution in [2.24, 2.45) is 0 Å². The van der Waals surface area contributed by atoms with Crippen molar-refractivity contribution in [3.05, 3.63) is 30.1 Å². The minimum Gasteiger partial charge on any atom is -0.481 e. The number of carbonyl (C=O) groups excluding carboxylic acids is 2. The van der Waals surface area contributed by atoms with E-state index in [2.05, 4.69) is 10.3 Å². The van der Waals surface area contributed by atoms with Crippen LogP contribution in [-0.2, 0) is 14.4 Å². The van der Waals surface area contributed by atoms with Gasteiger partial charge in [0, 0.05) is 38.3 Å². The second kappa shape index (κ2) is 10.5. The third-order valence-corrected chi connectivity index (χ3v) is 4.61. The molecule has 0 spiro atoms. The molecule has 7 nitrogen and oxygen atoms in total. The number of aliphatic carboxylic acids is 1. The molecular formula is C19H27N3O4. The normalized spacial score (nSPS) is 16.7. The fraction of sp³-hybridized carbons (Fsp3) is 0.579. The van der Waals surface area contributed by atoms with Crippen LogP contribution in [0.15, 0.2) is 24.5 Å². The largest absolute Gasteiger partial charge is 0.481 e. The predicted molar refractivity (Wildman–Crippen MR) is 96.3 cm³/mol. The zero-order valence-electron chi connectivity index (χ0n) is 15.0. The molecule has 2 amide bonds. The quantitative estimate of drug-likeness (QED) is 0.589. The highest BCUT2D eigenvalue weighted by atomic mass is 16.4. The summed E-state index contributed by atoms with van der Waals surface area (Å²) >= 11 is 0. The smallest absolute Gasteiger partial charge is 0.303 e. The highest BCUT2D eigenvalue weighted by Crippen LogP contribution is 2.32. The molecule has 0 saturated carbocycles. The monoisotopic (exact) mass is 361 g/mol. The lowest BCUT2D eigenvalue weighted by Gasteiger charge is -2.25. The summed E-state index contributed by atoms with van der Waals surface area (Å²) in [6.07, 6.45) is 8.70. The topological polar surface area (TPSA) is 99.6 Å². The van der Waals surface area contributed by atoms with Gasteiger partial charge in [0.05, 0.1) is 12.5 Å². The molecule has 2 rings (SSSR count). The number of pyridine rings is 1. The van der Waals surface area contributed by atoms with E-state index in [-0.39, 0.29) is 30.7 Å². The number of carbonyl (C=O) groups is 3. The van der Waals surface area contributed by atoms with E-state index in [1.165, 1.54) is 0 Å². The molecule has 1 saturated heterocycles. The summed E-state index contributed by atoms with van der Waals surface area (Å²) in [4.78, 5) is 40.0. The van der Waals surface area contributed by atoms with Crippen molar-refractivity contribution < 1.29 is 19.5 Å². The lowest BCUT2D eigenvalue weighted by molar-refractivity contribution is -0.138. The first kappa shape index (κ1) is 19.9. The number of likely N-dealkylation sites (tertiary alicyclic amines) is 1. The number of rotatable bonds is 11. The Hall–Kier alpha value is -2.44. The summed E-state index contributed by atoms with van der Waals surface area (Å²) in [5.74, 6) is -0.958. The Morgan fingerprint density at radius 1 is 1.23 bits per heavy atom. The molecule has 2 N–H and O–H groups in total. The lowest BCUT2D eigenvalue weighted by atomic mass is 10.1. The molecule has 1 aliphatic rings. The fourth-order valence-corrected chi connectivity index (χ4v) is 3.23. The van der Waals surface area contributed by atoms with E-state index in [1.807, 2.05) is 23.2 Å². The molecule has 0 radical (unpaired) electrons. The molecule has 0 aliphatic carbocycles. The minimum atomic E-state index is -0.957. The molecule has 7 heteroatoms. The number of carboxylic acids is 1. The lowest BCUT2D eigenvalue weighted by Crippen LogP contribution is -2.28. The Bertz CT molecular complexity index is 606. The van der Waals surface area contributed by atoms with Crippen molar-refractivity contribution in [3.8, 4) is 0 Å². The number of aromatic nitrogens is 1. The second-order valence-electron chi connectivity index (χ2n) is 6.59. The minimum absolute atomic E-state index is 0.0299. The average molecular weight is 361 g/mol. The van der Waals surface area contributed by atoms with E-state index >= 15 is 0 Å². The van der Waals surface area contributed by atoms with Crippen LogP contribution in [0.4, 0.5) is 0 Å². The van der Waals surface area contributed by atoms with Gasteiger partial charge in [-0.25, -0.2) is 0 Å². The SMILES string of the molecule is O=C(O)CCC(=O)NCCCCCCN1C(=O)CC[C@H]1c1cccnc1. The molecule has 2 heterocycles. The van der Waals surface area contributed by atoms with Crippen LogP contribution in [0, 0.1) is 0 Å². The van der Waals surface area contributed by atoms with Gasteiger partial charge in [0.15, 0.2) is 0 Å². The van der Waals surface area contributed by atoms with Gasteiger partial charge in [-0.05, 0) is 30.9 Å². The summed E-state index contributed by atoms with van der Waals surface area (Å²) in [6, 6.07) is 4.07. The van der Waals surface area contributed by atoms with Gasteiger partial charge in [-0.3, -0.25) is 19.4 Å². The molecule has 0 unspecified atom stereocenters. The Morgan fingerprint density at radius 3 is 2.77 bits per heavy atom. The van der Waals surface area contributed by atoms with Crippen molar-refractivity contribution in [2.45, 2.75) is 57.4 Å². The Morgan fingerprint density at radius 2 is 2.04 bits per heavy atom. The van der Waals surface area contributed by atoms with Crippen LogP contribution in [0.5, 0.6) is 0 Å². The van der Waals surface area contributed by atoms with E-state index in [4.69, 9.17) is 5.11 Å². The Kier molecular flexibility index (Phi) is 8.05. The first-order valence-corrected chi connectivity index (χ1v) is 9.26. The predicted octanol–water partition coefficient (Wildman–Crippen LogP) is 2.29. The van der Waals surface area contributed by atoms with Crippen molar-refractivity contribution >= 4 is 17.8 Å². The van der Waals surface area contributed by atoms with Crippen molar-refractivity contribution in [3.63, 3.8) is 0 Å². The highest BCUT2D eigenvalue weighted by Gasteiger charge is 2.31. The second-order valence-corrected chi connectivity index (χ2v) is 6.59. The van der Waals surface area contributed by atoms with Crippen LogP contribution in [0.3, 0.4) is 0 Å². The van der Waals surface area contributed by atoms with Gasteiger partial charge in [-0.15, -0.1) is 0 Å². The molecule has 1 aromatic rings. The van der Waals surface area contributed by atoms with Gasteiger partial charge in [0.2, 0.25) is 11.8 Å². The van der Waals surface area contributed by atoms with E-state index in [1.54, 1.807) is 6.20 Å². The van der Waals surface area contributed by atoms with Gasteiger partial charge in [-0.2, -0.15) is 0 Å². The van der Waals surface area contributed by atoms with Gasteiger partial charge in [0.25, 0.3) is 0 Å². The van der Waals surface area contributed by atoms with E-state index in [0.29, 0.717) is 13.0 Å². The number of nitrogens with one attached hydrogen (secondary N) is 1. The van der Waals surface area contributed by atoms with Gasteiger partial charge in [0.1, 0.15) is 0 Å². The maximum absolute atomic E-state index is 12.1. The van der Waals surface area contributed by atoms with Crippen LogP contribution in [-0.4, -0.2) is 45.9 Å². The summed E-state index contributed by atoms with van der Waals surface area (Å²) in [7, 11) is 0. The molecule has 0 aromatic carbocycles. The van der Waals surface area contributed by atoms with Crippen LogP contribution in [0.25, 0.3) is 0 Å². The van der Waals surface area contributed by atoms with Crippen LogP contribution in [0.2, 0.25) is 0 Å². The summed E-state index contributed by atoms with van der Waals surface area (Å²) in [6.45, 7) is 1.32. The number of nitrogens with zero attached hydrogens (tertiary/aromatic N) is 2. The molecule has 26 heavy (non-hydrogen) atoms. The average Bonchev–Trinajstić information content (AvgIpc) is 3.00. The van der Waals surface area contributed by atoms with Gasteiger partial charge < -0.3 is 15.3 Å². The molecule has 1 atom stereocenters. The Balaban J connectivity index is 1.59. The summed E-state index contributed by atoms with van der Waals surface area (Å²) in [5.41, 5.74) is 1.10. The van der Waals surface area contributed by atoms with Crippen molar-refractivity contribution in [1.29, 1.82) is 0 Å². The molecule has 1 fully saturated rings. The molecule has 0 bridgehead atoms. The number of carboxylic acid groups (broad SMARTS) is 1. The number of amides is 2. The zero-order chi connectivity index (χ0) is 18.8. The van der Waals surface area contributed by atoms with Crippen molar-refractivity contribution in [2.75, 3.05) is 13.1 Å². The van der Waals surface area contributed by atoms with Crippen molar-refractivity contribution in [1.82, 2.24) is 15.2 Å². The molecule has 142 valence electrons. The maximum atomic E-state index is 12.1. The van der Waals surface area contributed by atoms with Gasteiger partial charge in [-0.1, -0.05) is 18.9 Å². The standard InChI is InChI=1S/C19H27N3O4/c23-17(8-10-19(25)26)21-12-3-1-2-4-13-22-16(7-9-18(22)24)15-6-5-11-20-14-15/h5-6,11,14,16H,1-4,7-10,12-13H2,(H,21,23)(H,25,26)/t16-/m0/s1. The zero-order valence-corrected chi connectivity index (χ0v) is 15.0. The third kappa shape index (κ3) is 6.46. The van der Waals surface area contributed by atoms with E-state index in [0.717, 1.165) is 44.2 Å². The van der Waals surface area contributed by atoms with Crippen LogP contribution < -0.4 is 5.32 Å². The van der Waals surface area contributed by atoms with Gasteiger partial charge >= 0.3 is 5.97 Å². The first-order chi connectivity index (χ1) is 12.6. The number of hydrogen-bond donors (Lipinski definition) is 2. The van der Waals surface area contributed by atoms with Crippen LogP contribution in [0.1, 0.15) is 63.0 Å². The molecule has 1 aliphatic heterocycles. The Labute approximate surface area is 153 Å². The summed E-state index contributed by atoms with van der Waals surface area (Å²) < 4.78 is 0. The maximum Gasteiger partial charge on any atom is 0.303 e. The summed E-state index contributed by atoms with van der Waals surface area (Å²) in [5, 5.41) is 11.3. The molecular weight excluding hydrogens is 334 g/mol. The third-order valence-electron chi connectivity index (χ3n) is 4.61. The number of unbranched alkanes of at least 4 members (excludes halogenated alkanes) is 3. The first-order valence-electron chi connectivity index (χ1n) is 9.26. The van der Waals surface area contributed by atoms with Crippen LogP contribution >= 0.6 is 0 Å². The fourth-order valence-electron chi connectivity index (χ4n) is 3.23. The van der Waals surface area contributed by atoms with E-state index in [9.17, 15) is 14.4 Å². The molecule has 1 aromatic heterocycles. The number of hydrogen-bond acceptors (Lipinski definition) is 4.